The first-order chi connectivity index (χ1) is 8.15. The molecule has 5 nitrogen and oxygen atoms in total. The number of nitrogens with two attached hydrogens (primary N) is 1. The summed E-state index contributed by atoms with van der Waals surface area (Å²) in [6.07, 6.45) is 2.55. The maximum Gasteiger partial charge on any atom is 0.142 e. The van der Waals surface area contributed by atoms with Crippen molar-refractivity contribution in [3.05, 3.63) is 42.0 Å². The molecule has 1 aromatic heterocycles. The van der Waals surface area contributed by atoms with Crippen LogP contribution in [0.3, 0.4) is 0 Å². The van der Waals surface area contributed by atoms with Gasteiger partial charge in [-0.3, -0.25) is 0 Å². The molecule has 2 rings (SSSR count). The third-order valence-corrected chi connectivity index (χ3v) is 2.72. The average molecular weight is 233 g/mol. The Morgan fingerprint density at radius 3 is 2.82 bits per heavy atom. The van der Waals surface area contributed by atoms with E-state index >= 15 is 0 Å². The molecule has 2 aromatic rings. The van der Waals surface area contributed by atoms with E-state index in [1.54, 1.807) is 42.3 Å². The molecule has 90 valence electrons. The Bertz CT molecular complexity index is 522. The molecular weight excluding hydrogens is 218 g/mol. The van der Waals surface area contributed by atoms with Crippen molar-refractivity contribution in [2.45, 2.75) is 6.10 Å². The van der Waals surface area contributed by atoms with Crippen molar-refractivity contribution in [3.8, 4) is 5.75 Å². The van der Waals surface area contributed by atoms with Crippen LogP contribution >= 0.6 is 0 Å². The summed E-state index contributed by atoms with van der Waals surface area (Å²) in [5.41, 5.74) is 6.96. The molecule has 0 bridgehead atoms. The van der Waals surface area contributed by atoms with Gasteiger partial charge in [-0.05, 0) is 6.07 Å². The summed E-state index contributed by atoms with van der Waals surface area (Å²) in [4.78, 5) is 4.11. The monoisotopic (exact) mass is 233 g/mol. The van der Waals surface area contributed by atoms with Gasteiger partial charge in [-0.1, -0.05) is 12.1 Å². The number of rotatable bonds is 3. The predicted molar refractivity (Wildman–Crippen MR) is 64.7 cm³/mol. The molecule has 0 aliphatic rings. The molecule has 0 spiro atoms. The summed E-state index contributed by atoms with van der Waals surface area (Å²) in [6.45, 7) is 0. The smallest absolute Gasteiger partial charge is 0.142 e. The van der Waals surface area contributed by atoms with Crippen molar-refractivity contribution in [1.29, 1.82) is 0 Å². The lowest BCUT2D eigenvalue weighted by Crippen LogP contribution is -2.09. The fraction of sp³-hybridized carbons (Fsp3) is 0.250. The van der Waals surface area contributed by atoms with E-state index in [1.165, 1.54) is 0 Å². The molecule has 0 aliphatic heterocycles. The maximum atomic E-state index is 10.2. The van der Waals surface area contributed by atoms with E-state index in [0.29, 0.717) is 22.8 Å². The van der Waals surface area contributed by atoms with Crippen LogP contribution in [0.5, 0.6) is 5.75 Å². The van der Waals surface area contributed by atoms with Crippen LogP contribution in [0.4, 0.5) is 5.69 Å². The van der Waals surface area contributed by atoms with Crippen molar-refractivity contribution in [1.82, 2.24) is 9.55 Å². The number of hydrogen-bond donors (Lipinski definition) is 2. The van der Waals surface area contributed by atoms with Crippen LogP contribution in [-0.2, 0) is 7.05 Å². The van der Waals surface area contributed by atoms with E-state index in [0.717, 1.165) is 0 Å². The second kappa shape index (κ2) is 4.47. The quantitative estimate of drug-likeness (QED) is 0.778. The van der Waals surface area contributed by atoms with Gasteiger partial charge in [-0.2, -0.15) is 0 Å². The molecule has 0 saturated heterocycles. The number of hydrogen-bond acceptors (Lipinski definition) is 4. The highest BCUT2D eigenvalue weighted by molar-refractivity contribution is 5.60. The minimum atomic E-state index is -0.856. The highest BCUT2D eigenvalue weighted by atomic mass is 16.5. The second-order valence-electron chi connectivity index (χ2n) is 3.76. The van der Waals surface area contributed by atoms with Crippen molar-refractivity contribution < 1.29 is 9.84 Å². The Hall–Kier alpha value is -2.01. The van der Waals surface area contributed by atoms with Crippen molar-refractivity contribution in [3.63, 3.8) is 0 Å². The highest BCUT2D eigenvalue weighted by Crippen LogP contribution is 2.31. The van der Waals surface area contributed by atoms with E-state index in [9.17, 15) is 5.11 Å². The lowest BCUT2D eigenvalue weighted by Gasteiger charge is -2.15. The predicted octanol–water partition coefficient (Wildman–Crippen LogP) is 1.09. The number of aromatic nitrogens is 2. The SMILES string of the molecule is COc1cccc(C(O)c2nccn2C)c1N. The number of methoxy groups -OCH3 is 1. The molecule has 0 saturated carbocycles. The van der Waals surface area contributed by atoms with Crippen LogP contribution in [-0.4, -0.2) is 21.8 Å². The van der Waals surface area contributed by atoms with Gasteiger partial charge >= 0.3 is 0 Å². The van der Waals surface area contributed by atoms with E-state index < -0.39 is 6.10 Å². The normalized spacial score (nSPS) is 12.4. The molecule has 0 fully saturated rings. The fourth-order valence-electron chi connectivity index (χ4n) is 1.76. The number of aliphatic hydroxyl groups excluding tert-OH is 1. The van der Waals surface area contributed by atoms with Crippen LogP contribution in [0, 0.1) is 0 Å². The third-order valence-electron chi connectivity index (χ3n) is 2.72. The Balaban J connectivity index is 2.44. The molecule has 5 heteroatoms. The summed E-state index contributed by atoms with van der Waals surface area (Å²) >= 11 is 0. The zero-order chi connectivity index (χ0) is 12.4. The molecule has 17 heavy (non-hydrogen) atoms. The zero-order valence-corrected chi connectivity index (χ0v) is 9.79. The lowest BCUT2D eigenvalue weighted by atomic mass is 10.1. The van der Waals surface area contributed by atoms with Crippen molar-refractivity contribution in [2.75, 3.05) is 12.8 Å². The molecule has 0 amide bonds. The Kier molecular flexibility index (Phi) is 3.01. The Morgan fingerprint density at radius 2 is 2.24 bits per heavy atom. The van der Waals surface area contributed by atoms with Gasteiger partial charge in [0.15, 0.2) is 0 Å². The first kappa shape index (κ1) is 11.5. The van der Waals surface area contributed by atoms with Gasteiger partial charge in [-0.15, -0.1) is 0 Å². The van der Waals surface area contributed by atoms with Crippen LogP contribution in [0.15, 0.2) is 30.6 Å². The maximum absolute atomic E-state index is 10.2. The van der Waals surface area contributed by atoms with Crippen molar-refractivity contribution >= 4 is 5.69 Å². The fourth-order valence-corrected chi connectivity index (χ4v) is 1.76. The number of para-hydroxylation sites is 1. The first-order valence-corrected chi connectivity index (χ1v) is 5.22. The number of benzene rings is 1. The minimum Gasteiger partial charge on any atom is -0.495 e. The van der Waals surface area contributed by atoms with Gasteiger partial charge < -0.3 is 20.1 Å². The molecule has 0 radical (unpaired) electrons. The van der Waals surface area contributed by atoms with Gasteiger partial charge in [0.2, 0.25) is 0 Å². The van der Waals surface area contributed by atoms with Crippen LogP contribution in [0.2, 0.25) is 0 Å². The summed E-state index contributed by atoms with van der Waals surface area (Å²) in [7, 11) is 3.37. The summed E-state index contributed by atoms with van der Waals surface area (Å²) < 4.78 is 6.87. The van der Waals surface area contributed by atoms with Crippen molar-refractivity contribution in [2.24, 2.45) is 7.05 Å². The molecule has 3 N–H and O–H groups in total. The van der Waals surface area contributed by atoms with E-state index in [-0.39, 0.29) is 0 Å². The number of anilines is 1. The lowest BCUT2D eigenvalue weighted by molar-refractivity contribution is 0.206. The van der Waals surface area contributed by atoms with Crippen LogP contribution < -0.4 is 10.5 Å². The number of imidazole rings is 1. The Labute approximate surface area is 99.5 Å². The van der Waals surface area contributed by atoms with Crippen LogP contribution in [0.1, 0.15) is 17.5 Å². The highest BCUT2D eigenvalue weighted by Gasteiger charge is 2.19. The van der Waals surface area contributed by atoms with Gasteiger partial charge in [0.25, 0.3) is 0 Å². The molecule has 1 atom stereocenters. The van der Waals surface area contributed by atoms with E-state index in [4.69, 9.17) is 10.5 Å². The zero-order valence-electron chi connectivity index (χ0n) is 9.79. The second-order valence-corrected chi connectivity index (χ2v) is 3.76. The van der Waals surface area contributed by atoms with Gasteiger partial charge in [0.1, 0.15) is 17.7 Å². The molecular formula is C12H15N3O2. The standard InChI is InChI=1S/C12H15N3O2/c1-15-7-6-14-12(15)11(16)8-4-3-5-9(17-2)10(8)13/h3-7,11,16H,13H2,1-2H3. The molecule has 1 heterocycles. The molecule has 1 aromatic carbocycles. The number of ether oxygens (including phenoxy) is 1. The molecule has 1 unspecified atom stereocenters. The van der Waals surface area contributed by atoms with E-state index in [1.807, 2.05) is 7.05 Å². The van der Waals surface area contributed by atoms with Gasteiger partial charge in [-0.25, -0.2) is 4.98 Å². The van der Waals surface area contributed by atoms with Gasteiger partial charge in [0.05, 0.1) is 12.8 Å². The van der Waals surface area contributed by atoms with E-state index in [2.05, 4.69) is 4.98 Å². The minimum absolute atomic E-state index is 0.436. The largest absolute Gasteiger partial charge is 0.495 e. The average Bonchev–Trinajstić information content (AvgIpc) is 2.75. The number of aliphatic hydroxyl groups is 1. The third kappa shape index (κ3) is 1.97. The summed E-state index contributed by atoms with van der Waals surface area (Å²) in [5, 5.41) is 10.2. The first-order valence-electron chi connectivity index (χ1n) is 5.22. The summed E-state index contributed by atoms with van der Waals surface area (Å²) in [5.74, 6) is 1.10. The summed E-state index contributed by atoms with van der Waals surface area (Å²) in [6, 6.07) is 5.30. The van der Waals surface area contributed by atoms with Crippen LogP contribution in [0.25, 0.3) is 0 Å². The topological polar surface area (TPSA) is 73.3 Å². The molecule has 0 aliphatic carbocycles. The van der Waals surface area contributed by atoms with Gasteiger partial charge in [0, 0.05) is 25.0 Å². The number of nitrogens with zero attached hydrogens (tertiary/aromatic N) is 2. The number of nitrogen functional groups attached to an aromatic ring is 1. The number of aryl methyl sites for hydroxylation is 1. The Morgan fingerprint density at radius 1 is 1.47 bits per heavy atom.